The number of anilines is 1. The van der Waals surface area contributed by atoms with Gasteiger partial charge in [-0.1, -0.05) is 24.3 Å². The molecule has 0 saturated heterocycles. The Morgan fingerprint density at radius 1 is 1.45 bits per heavy atom. The molecule has 1 aromatic rings. The van der Waals surface area contributed by atoms with Crippen LogP contribution in [0, 0.1) is 0 Å². The third kappa shape index (κ3) is 2.42. The van der Waals surface area contributed by atoms with Crippen molar-refractivity contribution in [1.82, 2.24) is 0 Å². The van der Waals surface area contributed by atoms with Gasteiger partial charge in [-0.25, -0.2) is 4.39 Å². The van der Waals surface area contributed by atoms with Crippen LogP contribution in [0.4, 0.5) is 10.1 Å². The number of nitrogens with two attached hydrogens (primary N) is 1. The highest BCUT2D eigenvalue weighted by Gasteiger charge is 1.85. The molecular formula is C9H10FN. The lowest BCUT2D eigenvalue weighted by Crippen LogP contribution is -1.83. The van der Waals surface area contributed by atoms with Crippen LogP contribution in [0.5, 0.6) is 0 Å². The van der Waals surface area contributed by atoms with E-state index in [4.69, 9.17) is 5.73 Å². The number of hydrogen-bond acceptors (Lipinski definition) is 1. The number of alkyl halides is 1. The number of hydrogen-bond donors (Lipinski definition) is 1. The first kappa shape index (κ1) is 7.79. The molecule has 58 valence electrons. The summed E-state index contributed by atoms with van der Waals surface area (Å²) >= 11 is 0. The second-order valence-electron chi connectivity index (χ2n) is 2.23. The van der Waals surface area contributed by atoms with E-state index in [1.165, 1.54) is 6.08 Å². The molecule has 1 nitrogen and oxygen atoms in total. The molecule has 0 spiro atoms. The summed E-state index contributed by atoms with van der Waals surface area (Å²) < 4.78 is 11.7. The normalized spacial score (nSPS) is 10.6. The van der Waals surface area contributed by atoms with E-state index in [2.05, 4.69) is 0 Å². The van der Waals surface area contributed by atoms with Gasteiger partial charge in [0.25, 0.3) is 0 Å². The molecule has 0 unspecified atom stereocenters. The lowest BCUT2D eigenvalue weighted by Gasteiger charge is -1.93. The minimum Gasteiger partial charge on any atom is -0.399 e. The van der Waals surface area contributed by atoms with Gasteiger partial charge in [0, 0.05) is 5.69 Å². The second-order valence-corrected chi connectivity index (χ2v) is 2.23. The predicted molar refractivity (Wildman–Crippen MR) is 45.9 cm³/mol. The Morgan fingerprint density at radius 3 is 2.91 bits per heavy atom. The SMILES string of the molecule is Nc1cccc(/C=C/CF)c1. The summed E-state index contributed by atoms with van der Waals surface area (Å²) in [7, 11) is 0. The Kier molecular flexibility index (Phi) is 2.66. The summed E-state index contributed by atoms with van der Waals surface area (Å²) in [5, 5.41) is 0. The van der Waals surface area contributed by atoms with E-state index in [0.717, 1.165) is 5.56 Å². The van der Waals surface area contributed by atoms with Gasteiger partial charge in [-0.05, 0) is 17.7 Å². The Balaban J connectivity index is 2.79. The van der Waals surface area contributed by atoms with Crippen LogP contribution < -0.4 is 5.73 Å². The van der Waals surface area contributed by atoms with E-state index >= 15 is 0 Å². The van der Waals surface area contributed by atoms with Crippen LogP contribution in [0.3, 0.4) is 0 Å². The van der Waals surface area contributed by atoms with Crippen molar-refractivity contribution >= 4 is 11.8 Å². The van der Waals surface area contributed by atoms with E-state index < -0.39 is 6.67 Å². The van der Waals surface area contributed by atoms with E-state index in [1.54, 1.807) is 18.2 Å². The summed E-state index contributed by atoms with van der Waals surface area (Å²) in [6.07, 6.45) is 3.16. The summed E-state index contributed by atoms with van der Waals surface area (Å²) in [6.45, 7) is -0.436. The molecule has 0 bridgehead atoms. The first-order valence-electron chi connectivity index (χ1n) is 3.41. The molecule has 2 N–H and O–H groups in total. The van der Waals surface area contributed by atoms with Crippen molar-refractivity contribution in [2.45, 2.75) is 0 Å². The zero-order chi connectivity index (χ0) is 8.10. The highest BCUT2D eigenvalue weighted by atomic mass is 19.1. The molecule has 0 amide bonds. The molecule has 2 heteroatoms. The second kappa shape index (κ2) is 3.76. The Hall–Kier alpha value is -1.31. The molecule has 0 heterocycles. The monoisotopic (exact) mass is 151 g/mol. The maximum absolute atomic E-state index is 11.7. The third-order valence-corrected chi connectivity index (χ3v) is 1.31. The zero-order valence-electron chi connectivity index (χ0n) is 6.13. The fourth-order valence-electron chi connectivity index (χ4n) is 0.843. The van der Waals surface area contributed by atoms with Crippen molar-refractivity contribution in [3.8, 4) is 0 Å². The molecule has 0 aromatic heterocycles. The minimum absolute atomic E-state index is 0.436. The number of halogens is 1. The van der Waals surface area contributed by atoms with Crippen molar-refractivity contribution in [3.05, 3.63) is 35.9 Å². The Bertz CT molecular complexity index is 255. The number of nitrogen functional groups attached to an aromatic ring is 1. The van der Waals surface area contributed by atoms with Gasteiger partial charge in [0.15, 0.2) is 0 Å². The first-order chi connectivity index (χ1) is 5.33. The minimum atomic E-state index is -0.436. The fourth-order valence-corrected chi connectivity index (χ4v) is 0.843. The van der Waals surface area contributed by atoms with Gasteiger partial charge in [0.1, 0.15) is 6.67 Å². The van der Waals surface area contributed by atoms with Crippen molar-refractivity contribution < 1.29 is 4.39 Å². The lowest BCUT2D eigenvalue weighted by atomic mass is 10.2. The smallest absolute Gasteiger partial charge is 0.108 e. The van der Waals surface area contributed by atoms with Crippen molar-refractivity contribution in [1.29, 1.82) is 0 Å². The van der Waals surface area contributed by atoms with Gasteiger partial charge in [0.05, 0.1) is 0 Å². The number of rotatable bonds is 2. The van der Waals surface area contributed by atoms with E-state index in [9.17, 15) is 4.39 Å². The molecule has 11 heavy (non-hydrogen) atoms. The van der Waals surface area contributed by atoms with Gasteiger partial charge in [-0.15, -0.1) is 0 Å². The van der Waals surface area contributed by atoms with Crippen LogP contribution in [-0.2, 0) is 0 Å². The van der Waals surface area contributed by atoms with Gasteiger partial charge < -0.3 is 5.73 Å². The summed E-state index contributed by atoms with van der Waals surface area (Å²) in [6, 6.07) is 7.31. The zero-order valence-corrected chi connectivity index (χ0v) is 6.13. The van der Waals surface area contributed by atoms with Gasteiger partial charge >= 0.3 is 0 Å². The first-order valence-corrected chi connectivity index (χ1v) is 3.41. The predicted octanol–water partition coefficient (Wildman–Crippen LogP) is 2.25. The van der Waals surface area contributed by atoms with Crippen molar-refractivity contribution in [3.63, 3.8) is 0 Å². The molecule has 0 radical (unpaired) electrons. The molecule has 0 aliphatic rings. The molecule has 0 saturated carbocycles. The topological polar surface area (TPSA) is 26.0 Å². The molecule has 0 fully saturated rings. The largest absolute Gasteiger partial charge is 0.399 e. The Labute approximate surface area is 65.3 Å². The van der Waals surface area contributed by atoms with Crippen LogP contribution in [-0.4, -0.2) is 6.67 Å². The molecule has 1 rings (SSSR count). The molecule has 0 aliphatic heterocycles. The standard InChI is InChI=1S/C9H10FN/c10-6-2-4-8-3-1-5-9(11)7-8/h1-5,7H,6,11H2/b4-2+. The average Bonchev–Trinajstić information content (AvgIpc) is 2.01. The highest BCUT2D eigenvalue weighted by Crippen LogP contribution is 2.07. The van der Waals surface area contributed by atoms with Crippen LogP contribution in [0.15, 0.2) is 30.3 Å². The van der Waals surface area contributed by atoms with E-state index in [1.807, 2.05) is 12.1 Å². The fraction of sp³-hybridized carbons (Fsp3) is 0.111. The highest BCUT2D eigenvalue weighted by molar-refractivity contribution is 5.55. The number of benzene rings is 1. The summed E-state index contributed by atoms with van der Waals surface area (Å²) in [4.78, 5) is 0. The summed E-state index contributed by atoms with van der Waals surface area (Å²) in [5.41, 5.74) is 7.14. The van der Waals surface area contributed by atoms with Crippen molar-refractivity contribution in [2.75, 3.05) is 12.4 Å². The van der Waals surface area contributed by atoms with Crippen molar-refractivity contribution in [2.24, 2.45) is 0 Å². The van der Waals surface area contributed by atoms with Gasteiger partial charge in [-0.2, -0.15) is 0 Å². The van der Waals surface area contributed by atoms with Crippen LogP contribution in [0.1, 0.15) is 5.56 Å². The van der Waals surface area contributed by atoms with Crippen LogP contribution >= 0.6 is 0 Å². The number of allylic oxidation sites excluding steroid dienone is 1. The quantitative estimate of drug-likeness (QED) is 0.644. The van der Waals surface area contributed by atoms with Crippen LogP contribution in [0.2, 0.25) is 0 Å². The Morgan fingerprint density at radius 2 is 2.27 bits per heavy atom. The maximum atomic E-state index is 11.7. The van der Waals surface area contributed by atoms with Crippen LogP contribution in [0.25, 0.3) is 6.08 Å². The average molecular weight is 151 g/mol. The van der Waals surface area contributed by atoms with E-state index in [0.29, 0.717) is 5.69 Å². The summed E-state index contributed by atoms with van der Waals surface area (Å²) in [5.74, 6) is 0. The lowest BCUT2D eigenvalue weighted by molar-refractivity contribution is 0.563. The van der Waals surface area contributed by atoms with E-state index in [-0.39, 0.29) is 0 Å². The maximum Gasteiger partial charge on any atom is 0.108 e. The van der Waals surface area contributed by atoms with Gasteiger partial charge in [0.2, 0.25) is 0 Å². The molecule has 1 aromatic carbocycles. The third-order valence-electron chi connectivity index (χ3n) is 1.31. The van der Waals surface area contributed by atoms with Gasteiger partial charge in [-0.3, -0.25) is 0 Å². The molecule has 0 atom stereocenters. The molecular weight excluding hydrogens is 141 g/mol. The molecule has 0 aliphatic carbocycles.